The maximum atomic E-state index is 13.6. The van der Waals surface area contributed by atoms with E-state index in [1.54, 1.807) is 6.08 Å². The van der Waals surface area contributed by atoms with Gasteiger partial charge in [-0.1, -0.05) is 12.1 Å². The molecule has 0 amide bonds. The lowest BCUT2D eigenvalue weighted by molar-refractivity contribution is -0.143. The molecule has 1 aromatic carbocycles. The van der Waals surface area contributed by atoms with Crippen LogP contribution in [0.3, 0.4) is 0 Å². The molecule has 35 heavy (non-hydrogen) atoms. The van der Waals surface area contributed by atoms with Gasteiger partial charge in [-0.25, -0.2) is 4.39 Å². The molecule has 2 unspecified atom stereocenters. The Morgan fingerprint density at radius 2 is 1.66 bits per heavy atom. The van der Waals surface area contributed by atoms with Crippen LogP contribution in [0, 0.1) is 12.8 Å². The van der Waals surface area contributed by atoms with Gasteiger partial charge in [-0.05, 0) is 86.6 Å². The zero-order valence-corrected chi connectivity index (χ0v) is 19.1. The molecule has 0 aliphatic heterocycles. The van der Waals surface area contributed by atoms with Gasteiger partial charge in [-0.15, -0.1) is 0 Å². The fraction of sp³-hybridized carbons (Fsp3) is 0.423. The first-order valence-corrected chi connectivity index (χ1v) is 11.3. The highest BCUT2D eigenvalue weighted by atomic mass is 19.4. The van der Waals surface area contributed by atoms with Crippen molar-refractivity contribution in [2.75, 3.05) is 0 Å². The summed E-state index contributed by atoms with van der Waals surface area (Å²) in [7, 11) is 0. The Balaban J connectivity index is 1.68. The van der Waals surface area contributed by atoms with Crippen molar-refractivity contribution < 1.29 is 35.5 Å². The predicted octanol–water partition coefficient (Wildman–Crippen LogP) is 8.03. The van der Waals surface area contributed by atoms with Crippen LogP contribution in [-0.2, 0) is 23.5 Å². The molecule has 4 rings (SSSR count). The van der Waals surface area contributed by atoms with Gasteiger partial charge >= 0.3 is 12.4 Å². The number of benzene rings is 1. The molecule has 1 heterocycles. The molecule has 0 fully saturated rings. The molecule has 2 aliphatic carbocycles. The largest absolute Gasteiger partial charge is 0.416 e. The van der Waals surface area contributed by atoms with Crippen LogP contribution in [0.2, 0.25) is 0 Å². The number of halogens is 7. The summed E-state index contributed by atoms with van der Waals surface area (Å²) in [6.45, 7) is 3.32. The van der Waals surface area contributed by atoms with Crippen molar-refractivity contribution in [1.29, 1.82) is 0 Å². The predicted molar refractivity (Wildman–Crippen MR) is 116 cm³/mol. The number of hydrogen-bond acceptors (Lipinski definition) is 2. The van der Waals surface area contributed by atoms with Crippen LogP contribution in [0.1, 0.15) is 65.4 Å². The molecule has 2 aromatic rings. The van der Waals surface area contributed by atoms with E-state index in [9.17, 15) is 30.7 Å². The standard InChI is InChI=1S/C26H24F7NO/c1-14-3-8-21-22(34-14)9-10-23(24(21)16-4-6-20(27)7-5-16)35-15(2)17-11-18(25(28,29)30)13-19(12-17)26(31,32)33/h3-4,6-8,11-13,15-16,23-24H,5,9-10H2,1-2H3/t15?,16?,23-,24-/m1/s1. The Bertz CT molecular complexity index is 1120. The van der Waals surface area contributed by atoms with Gasteiger partial charge in [-0.2, -0.15) is 26.3 Å². The van der Waals surface area contributed by atoms with E-state index in [2.05, 4.69) is 4.98 Å². The number of aromatic nitrogens is 1. The normalized spacial score (nSPS) is 23.6. The molecule has 0 saturated heterocycles. The van der Waals surface area contributed by atoms with Crippen LogP contribution in [0.5, 0.6) is 0 Å². The van der Waals surface area contributed by atoms with Crippen molar-refractivity contribution in [3.8, 4) is 0 Å². The van der Waals surface area contributed by atoms with Crippen molar-refractivity contribution in [3.05, 3.63) is 88.0 Å². The summed E-state index contributed by atoms with van der Waals surface area (Å²) in [4.78, 5) is 4.60. The van der Waals surface area contributed by atoms with E-state index >= 15 is 0 Å². The van der Waals surface area contributed by atoms with Gasteiger partial charge in [0.15, 0.2) is 0 Å². The molecule has 1 aromatic heterocycles. The first kappa shape index (κ1) is 25.4. The average molecular weight is 499 g/mol. The van der Waals surface area contributed by atoms with Gasteiger partial charge in [-0.3, -0.25) is 4.98 Å². The highest BCUT2D eigenvalue weighted by molar-refractivity contribution is 5.36. The minimum absolute atomic E-state index is 0.109. The summed E-state index contributed by atoms with van der Waals surface area (Å²) in [6, 6.07) is 5.29. The molecule has 2 aliphatic rings. The van der Waals surface area contributed by atoms with Crippen LogP contribution < -0.4 is 0 Å². The third kappa shape index (κ3) is 5.60. The number of pyridine rings is 1. The smallest absolute Gasteiger partial charge is 0.370 e. The molecule has 0 radical (unpaired) electrons. The molecular weight excluding hydrogens is 475 g/mol. The lowest BCUT2D eigenvalue weighted by Crippen LogP contribution is -2.34. The summed E-state index contributed by atoms with van der Waals surface area (Å²) in [6.07, 6.45) is -5.40. The molecule has 0 N–H and O–H groups in total. The zero-order valence-electron chi connectivity index (χ0n) is 19.1. The second-order valence-corrected chi connectivity index (χ2v) is 9.06. The molecule has 0 saturated carbocycles. The molecule has 0 spiro atoms. The van der Waals surface area contributed by atoms with E-state index in [-0.39, 0.29) is 29.3 Å². The van der Waals surface area contributed by atoms with Crippen LogP contribution in [0.15, 0.2) is 54.4 Å². The second kappa shape index (κ2) is 9.41. The molecule has 188 valence electrons. The maximum absolute atomic E-state index is 13.6. The fourth-order valence-electron chi connectivity index (χ4n) is 4.87. The van der Waals surface area contributed by atoms with E-state index in [1.165, 1.54) is 19.1 Å². The molecular formula is C26H24F7NO. The minimum atomic E-state index is -4.94. The van der Waals surface area contributed by atoms with Gasteiger partial charge in [0.1, 0.15) is 5.83 Å². The summed E-state index contributed by atoms with van der Waals surface area (Å²) < 4.78 is 99.8. The molecule has 2 nitrogen and oxygen atoms in total. The monoisotopic (exact) mass is 499 g/mol. The number of rotatable bonds is 4. The zero-order chi connectivity index (χ0) is 25.5. The van der Waals surface area contributed by atoms with Crippen molar-refractivity contribution in [2.24, 2.45) is 5.92 Å². The summed E-state index contributed by atoms with van der Waals surface area (Å²) in [5.74, 6) is -0.779. The Morgan fingerprint density at radius 1 is 1.00 bits per heavy atom. The molecule has 0 bridgehead atoms. The van der Waals surface area contributed by atoms with E-state index in [4.69, 9.17) is 4.74 Å². The number of hydrogen-bond donors (Lipinski definition) is 0. The average Bonchev–Trinajstić information content (AvgIpc) is 2.78. The number of nitrogens with zero attached hydrogens (tertiary/aromatic N) is 1. The summed E-state index contributed by atoms with van der Waals surface area (Å²) in [5.41, 5.74) is -0.334. The topological polar surface area (TPSA) is 22.1 Å². The first-order chi connectivity index (χ1) is 16.3. The third-order valence-electron chi connectivity index (χ3n) is 6.58. The quantitative estimate of drug-likeness (QED) is 0.397. The van der Waals surface area contributed by atoms with Crippen molar-refractivity contribution in [3.63, 3.8) is 0 Å². The van der Waals surface area contributed by atoms with Crippen LogP contribution in [0.4, 0.5) is 30.7 Å². The number of alkyl halides is 6. The van der Waals surface area contributed by atoms with Crippen molar-refractivity contribution >= 4 is 0 Å². The number of aryl methyl sites for hydroxylation is 2. The van der Waals surface area contributed by atoms with Gasteiger partial charge < -0.3 is 4.74 Å². The van der Waals surface area contributed by atoms with Gasteiger partial charge in [0.05, 0.1) is 23.3 Å². The maximum Gasteiger partial charge on any atom is 0.416 e. The molecule has 4 atom stereocenters. The summed E-state index contributed by atoms with van der Waals surface area (Å²) >= 11 is 0. The minimum Gasteiger partial charge on any atom is -0.370 e. The fourth-order valence-corrected chi connectivity index (χ4v) is 4.87. The Labute approximate surface area is 198 Å². The lowest BCUT2D eigenvalue weighted by atomic mass is 9.73. The lowest BCUT2D eigenvalue weighted by Gasteiger charge is -2.39. The molecule has 9 heteroatoms. The van der Waals surface area contributed by atoms with E-state index in [0.717, 1.165) is 17.0 Å². The number of allylic oxidation sites excluding steroid dienone is 4. The highest BCUT2D eigenvalue weighted by Gasteiger charge is 2.39. The Morgan fingerprint density at radius 3 is 2.23 bits per heavy atom. The van der Waals surface area contributed by atoms with Crippen LogP contribution in [-0.4, -0.2) is 11.1 Å². The van der Waals surface area contributed by atoms with Crippen molar-refractivity contribution in [1.82, 2.24) is 4.98 Å². The second-order valence-electron chi connectivity index (χ2n) is 9.06. The van der Waals surface area contributed by atoms with Gasteiger partial charge in [0, 0.05) is 17.3 Å². The van der Waals surface area contributed by atoms with Crippen LogP contribution in [0.25, 0.3) is 0 Å². The summed E-state index contributed by atoms with van der Waals surface area (Å²) in [5, 5.41) is 0. The van der Waals surface area contributed by atoms with E-state index < -0.39 is 35.7 Å². The van der Waals surface area contributed by atoms with Crippen molar-refractivity contribution in [2.45, 2.75) is 63.6 Å². The van der Waals surface area contributed by atoms with Crippen LogP contribution >= 0.6 is 0 Å². The van der Waals surface area contributed by atoms with Gasteiger partial charge in [0.2, 0.25) is 0 Å². The third-order valence-corrected chi connectivity index (χ3v) is 6.58. The van der Waals surface area contributed by atoms with Gasteiger partial charge in [0.25, 0.3) is 0 Å². The number of ether oxygens (including phenoxy) is 1. The van der Waals surface area contributed by atoms with E-state index in [1.807, 2.05) is 19.1 Å². The Kier molecular flexibility index (Phi) is 6.83. The highest BCUT2D eigenvalue weighted by Crippen LogP contribution is 2.44. The SMILES string of the molecule is Cc1ccc2c(n1)CC[C@@H](OC(C)c1cc(C(F)(F)F)cc(C(F)(F)F)c1)[C@@H]2C1C=CC(F)=CC1. The first-order valence-electron chi connectivity index (χ1n) is 11.3. The number of fused-ring (bicyclic) bond motifs is 1. The Hall–Kier alpha value is -2.68. The van der Waals surface area contributed by atoms with E-state index in [0.29, 0.717) is 31.4 Å².